The van der Waals surface area contributed by atoms with Crippen molar-refractivity contribution in [2.45, 2.75) is 38.5 Å². The highest BCUT2D eigenvalue weighted by Crippen LogP contribution is 2.14. The van der Waals surface area contributed by atoms with E-state index < -0.39 is 5.97 Å². The van der Waals surface area contributed by atoms with E-state index in [4.69, 9.17) is 5.11 Å². The molecule has 0 unspecified atom stereocenters. The van der Waals surface area contributed by atoms with Crippen molar-refractivity contribution in [3.8, 4) is 0 Å². The fourth-order valence-corrected chi connectivity index (χ4v) is 1.43. The van der Waals surface area contributed by atoms with Gasteiger partial charge < -0.3 is 5.11 Å². The summed E-state index contributed by atoms with van der Waals surface area (Å²) in [4.78, 5) is 14.4. The minimum Gasteiger partial charge on any atom is -0.481 e. The third-order valence-corrected chi connectivity index (χ3v) is 2.09. The van der Waals surface area contributed by atoms with Crippen LogP contribution in [0.4, 0.5) is 0 Å². The largest absolute Gasteiger partial charge is 0.481 e. The van der Waals surface area contributed by atoms with Crippen molar-refractivity contribution in [2.75, 3.05) is 6.54 Å². The summed E-state index contributed by atoms with van der Waals surface area (Å²) < 4.78 is 0. The summed E-state index contributed by atoms with van der Waals surface area (Å²) in [7, 11) is 0. The highest BCUT2D eigenvalue weighted by atomic mass is 16.4. The van der Waals surface area contributed by atoms with Crippen LogP contribution in [-0.2, 0) is 4.79 Å². The molecule has 1 fully saturated rings. The van der Waals surface area contributed by atoms with Gasteiger partial charge in [-0.25, -0.2) is 0 Å². The smallest absolute Gasteiger partial charge is 0.305 e. The van der Waals surface area contributed by atoms with Gasteiger partial charge in [0.1, 0.15) is 0 Å². The Balaban J connectivity index is 2.20. The molecule has 3 nitrogen and oxygen atoms in total. The molecule has 12 heavy (non-hydrogen) atoms. The Kier molecular flexibility index (Phi) is 3.77. The Labute approximate surface area is 72.5 Å². The van der Waals surface area contributed by atoms with Crippen LogP contribution in [0, 0.1) is 0 Å². The normalized spacial score (nSPS) is 17.5. The first-order valence-corrected chi connectivity index (χ1v) is 4.53. The first-order chi connectivity index (χ1) is 5.79. The minimum atomic E-state index is -0.754. The van der Waals surface area contributed by atoms with Gasteiger partial charge in [-0.1, -0.05) is 6.42 Å². The maximum atomic E-state index is 10.2. The summed E-state index contributed by atoms with van der Waals surface area (Å²) in [6, 6.07) is 0. The molecule has 1 rings (SSSR count). The number of hydrogen-bond donors (Lipinski definition) is 1. The van der Waals surface area contributed by atoms with E-state index in [1.165, 1.54) is 25.0 Å². The third-order valence-electron chi connectivity index (χ3n) is 2.09. The monoisotopic (exact) mass is 169 g/mol. The zero-order valence-corrected chi connectivity index (χ0v) is 7.25. The highest BCUT2D eigenvalue weighted by Gasteiger charge is 2.05. The maximum Gasteiger partial charge on any atom is 0.305 e. The van der Waals surface area contributed by atoms with Gasteiger partial charge in [-0.3, -0.25) is 9.79 Å². The summed E-state index contributed by atoms with van der Waals surface area (Å²) >= 11 is 0. The topological polar surface area (TPSA) is 49.7 Å². The van der Waals surface area contributed by atoms with Crippen LogP contribution in [-0.4, -0.2) is 23.3 Å². The molecule has 0 saturated heterocycles. The van der Waals surface area contributed by atoms with Gasteiger partial charge in [-0.05, 0) is 25.7 Å². The number of hydrogen-bond acceptors (Lipinski definition) is 2. The fraction of sp³-hybridized carbons (Fsp3) is 0.778. The fourth-order valence-electron chi connectivity index (χ4n) is 1.43. The van der Waals surface area contributed by atoms with Crippen LogP contribution >= 0.6 is 0 Å². The van der Waals surface area contributed by atoms with Gasteiger partial charge in [0, 0.05) is 12.3 Å². The van der Waals surface area contributed by atoms with Gasteiger partial charge in [0.15, 0.2) is 0 Å². The van der Waals surface area contributed by atoms with Crippen molar-refractivity contribution in [1.82, 2.24) is 0 Å². The van der Waals surface area contributed by atoms with Crippen LogP contribution in [0.5, 0.6) is 0 Å². The van der Waals surface area contributed by atoms with Crippen LogP contribution < -0.4 is 0 Å². The molecular weight excluding hydrogens is 154 g/mol. The van der Waals surface area contributed by atoms with E-state index in [2.05, 4.69) is 4.99 Å². The Bertz CT molecular complexity index is 179. The number of rotatable bonds is 3. The van der Waals surface area contributed by atoms with E-state index in [0.717, 1.165) is 12.8 Å². The summed E-state index contributed by atoms with van der Waals surface area (Å²) in [5.41, 5.74) is 1.22. The van der Waals surface area contributed by atoms with E-state index in [1.54, 1.807) is 0 Å². The lowest BCUT2D eigenvalue weighted by Crippen LogP contribution is -2.06. The second-order valence-electron chi connectivity index (χ2n) is 3.15. The average molecular weight is 169 g/mol. The van der Waals surface area contributed by atoms with Crippen LogP contribution in [0.15, 0.2) is 4.99 Å². The quantitative estimate of drug-likeness (QED) is 0.701. The number of carbonyl (C=O) groups is 1. The van der Waals surface area contributed by atoms with Crippen LogP contribution in [0.2, 0.25) is 0 Å². The van der Waals surface area contributed by atoms with Crippen molar-refractivity contribution in [3.63, 3.8) is 0 Å². The molecule has 1 N–H and O–H groups in total. The lowest BCUT2D eigenvalue weighted by molar-refractivity contribution is -0.136. The van der Waals surface area contributed by atoms with Crippen molar-refractivity contribution >= 4 is 11.7 Å². The van der Waals surface area contributed by atoms with Crippen molar-refractivity contribution in [2.24, 2.45) is 4.99 Å². The third kappa shape index (κ3) is 3.51. The number of carboxylic acids is 1. The molecule has 0 atom stereocenters. The zero-order chi connectivity index (χ0) is 8.81. The molecule has 0 heterocycles. The van der Waals surface area contributed by atoms with E-state index in [-0.39, 0.29) is 6.42 Å². The highest BCUT2D eigenvalue weighted by molar-refractivity contribution is 5.85. The molecule has 0 radical (unpaired) electrons. The first-order valence-electron chi connectivity index (χ1n) is 4.53. The molecule has 0 bridgehead atoms. The second-order valence-corrected chi connectivity index (χ2v) is 3.15. The molecule has 1 aliphatic carbocycles. The van der Waals surface area contributed by atoms with E-state index >= 15 is 0 Å². The lowest BCUT2D eigenvalue weighted by Gasteiger charge is -2.11. The summed E-state index contributed by atoms with van der Waals surface area (Å²) in [5.74, 6) is -0.754. The van der Waals surface area contributed by atoms with Crippen molar-refractivity contribution < 1.29 is 9.90 Å². The zero-order valence-electron chi connectivity index (χ0n) is 7.25. The number of nitrogens with zero attached hydrogens (tertiary/aromatic N) is 1. The SMILES string of the molecule is O=C(O)CCN=C1CCCCC1. The molecule has 0 aromatic rings. The molecule has 0 aromatic heterocycles. The Morgan fingerprint density at radius 2 is 2.00 bits per heavy atom. The lowest BCUT2D eigenvalue weighted by atomic mass is 9.98. The molecule has 0 amide bonds. The van der Waals surface area contributed by atoms with Gasteiger partial charge >= 0.3 is 5.97 Å². The Morgan fingerprint density at radius 1 is 1.33 bits per heavy atom. The summed E-state index contributed by atoms with van der Waals surface area (Å²) in [5, 5.41) is 8.37. The molecule has 68 valence electrons. The molecule has 1 saturated carbocycles. The first kappa shape index (κ1) is 9.23. The summed E-state index contributed by atoms with van der Waals surface area (Å²) in [6.07, 6.45) is 6.10. The van der Waals surface area contributed by atoms with Crippen molar-refractivity contribution in [1.29, 1.82) is 0 Å². The molecule has 0 aromatic carbocycles. The molecule has 3 heteroatoms. The summed E-state index contributed by atoms with van der Waals surface area (Å²) in [6.45, 7) is 0.463. The maximum absolute atomic E-state index is 10.2. The molecule has 0 aliphatic heterocycles. The van der Waals surface area contributed by atoms with Crippen LogP contribution in [0.1, 0.15) is 38.5 Å². The van der Waals surface area contributed by atoms with Gasteiger partial charge in [0.25, 0.3) is 0 Å². The standard InChI is InChI=1S/C9H15NO2/c11-9(12)6-7-10-8-4-2-1-3-5-8/h1-7H2,(H,11,12). The molecule has 1 aliphatic rings. The number of aliphatic carboxylic acids is 1. The van der Waals surface area contributed by atoms with Gasteiger partial charge in [-0.2, -0.15) is 0 Å². The number of carboxylic acid groups (broad SMARTS) is 1. The van der Waals surface area contributed by atoms with E-state index in [9.17, 15) is 4.79 Å². The van der Waals surface area contributed by atoms with Crippen molar-refractivity contribution in [3.05, 3.63) is 0 Å². The minimum absolute atomic E-state index is 0.170. The second kappa shape index (κ2) is 4.91. The molecule has 0 spiro atoms. The van der Waals surface area contributed by atoms with Gasteiger partial charge in [-0.15, -0.1) is 0 Å². The number of aliphatic imine (C=N–C) groups is 1. The van der Waals surface area contributed by atoms with E-state index in [0.29, 0.717) is 6.54 Å². The molecular formula is C9H15NO2. The Hall–Kier alpha value is -0.860. The predicted molar refractivity (Wildman–Crippen MR) is 47.6 cm³/mol. The van der Waals surface area contributed by atoms with Crippen LogP contribution in [0.25, 0.3) is 0 Å². The predicted octanol–water partition coefficient (Wildman–Crippen LogP) is 1.87. The average Bonchev–Trinajstić information content (AvgIpc) is 2.05. The van der Waals surface area contributed by atoms with Crippen LogP contribution in [0.3, 0.4) is 0 Å². The Morgan fingerprint density at radius 3 is 2.58 bits per heavy atom. The van der Waals surface area contributed by atoms with Gasteiger partial charge in [0.05, 0.1) is 6.42 Å². The van der Waals surface area contributed by atoms with E-state index in [1.807, 2.05) is 0 Å². The van der Waals surface area contributed by atoms with Gasteiger partial charge in [0.2, 0.25) is 0 Å².